The third-order valence-electron chi connectivity index (χ3n) is 3.32. The van der Waals surface area contributed by atoms with Crippen LogP contribution in [0.5, 0.6) is 11.5 Å². The first-order chi connectivity index (χ1) is 11.1. The number of nitrogens with zero attached hydrogens (tertiary/aromatic N) is 1. The van der Waals surface area contributed by atoms with E-state index in [1.165, 1.54) is 0 Å². The molecular weight excluding hydrogens is 292 g/mol. The van der Waals surface area contributed by atoms with Crippen molar-refractivity contribution in [3.05, 3.63) is 48.5 Å². The maximum Gasteiger partial charge on any atom is 0.227 e. The fourth-order valence-corrected chi connectivity index (χ4v) is 2.00. The van der Waals surface area contributed by atoms with Crippen LogP contribution in [-0.2, 0) is 4.79 Å². The second-order valence-corrected chi connectivity index (χ2v) is 5.26. The lowest BCUT2D eigenvalue weighted by Gasteiger charge is -2.13. The van der Waals surface area contributed by atoms with Gasteiger partial charge >= 0.3 is 0 Å². The predicted molar refractivity (Wildman–Crippen MR) is 92.5 cm³/mol. The number of methoxy groups -OCH3 is 1. The number of benzene rings is 2. The summed E-state index contributed by atoms with van der Waals surface area (Å²) in [4.78, 5) is 13.9. The number of carbonyl (C=O) groups excluding carboxylic acids is 1. The standard InChI is InChI=1S/C18H22N2O3/c1-20(2)15-6-4-14(5-7-15)19-18(21)12-13-23-17-10-8-16(22-3)9-11-17/h4-11H,12-13H2,1-3H3,(H,19,21). The minimum atomic E-state index is -0.0730. The smallest absolute Gasteiger partial charge is 0.227 e. The van der Waals surface area contributed by atoms with Gasteiger partial charge in [-0.25, -0.2) is 0 Å². The minimum absolute atomic E-state index is 0.0730. The summed E-state index contributed by atoms with van der Waals surface area (Å²) in [6.45, 7) is 0.327. The summed E-state index contributed by atoms with van der Waals surface area (Å²) in [5, 5.41) is 2.86. The molecule has 0 heterocycles. The zero-order chi connectivity index (χ0) is 16.7. The maximum atomic E-state index is 11.9. The quantitative estimate of drug-likeness (QED) is 0.853. The van der Waals surface area contributed by atoms with E-state index in [0.29, 0.717) is 18.8 Å². The molecule has 2 rings (SSSR count). The number of rotatable bonds is 7. The molecule has 0 bridgehead atoms. The molecule has 5 heteroatoms. The Balaban J connectivity index is 1.76. The van der Waals surface area contributed by atoms with E-state index in [9.17, 15) is 4.79 Å². The Labute approximate surface area is 136 Å². The van der Waals surface area contributed by atoms with Crippen LogP contribution < -0.4 is 19.7 Å². The van der Waals surface area contributed by atoms with Crippen molar-refractivity contribution < 1.29 is 14.3 Å². The van der Waals surface area contributed by atoms with Crippen LogP contribution in [0, 0.1) is 0 Å². The van der Waals surface area contributed by atoms with Crippen molar-refractivity contribution >= 4 is 17.3 Å². The SMILES string of the molecule is COc1ccc(OCCC(=O)Nc2ccc(N(C)C)cc2)cc1. The van der Waals surface area contributed by atoms with Crippen molar-refractivity contribution in [1.29, 1.82) is 0 Å². The first-order valence-electron chi connectivity index (χ1n) is 7.42. The van der Waals surface area contributed by atoms with Crippen LogP contribution in [0.3, 0.4) is 0 Å². The van der Waals surface area contributed by atoms with E-state index in [1.807, 2.05) is 67.5 Å². The van der Waals surface area contributed by atoms with Gasteiger partial charge in [-0.3, -0.25) is 4.79 Å². The molecule has 1 N–H and O–H groups in total. The third kappa shape index (κ3) is 5.21. The molecule has 0 saturated carbocycles. The Bertz CT molecular complexity index is 622. The zero-order valence-corrected chi connectivity index (χ0v) is 13.7. The molecule has 0 aliphatic rings. The van der Waals surface area contributed by atoms with Gasteiger partial charge in [-0.2, -0.15) is 0 Å². The van der Waals surface area contributed by atoms with Gasteiger partial charge in [0.2, 0.25) is 5.91 Å². The van der Waals surface area contributed by atoms with Crippen molar-refractivity contribution in [2.45, 2.75) is 6.42 Å². The summed E-state index contributed by atoms with van der Waals surface area (Å²) in [7, 11) is 5.57. The molecule has 0 aliphatic carbocycles. The molecule has 2 aromatic rings. The number of amides is 1. The van der Waals surface area contributed by atoms with Crippen LogP contribution in [0.4, 0.5) is 11.4 Å². The van der Waals surface area contributed by atoms with Gasteiger partial charge in [0.15, 0.2) is 0 Å². The van der Waals surface area contributed by atoms with Gasteiger partial charge in [-0.05, 0) is 48.5 Å². The van der Waals surface area contributed by atoms with Crippen LogP contribution in [0.2, 0.25) is 0 Å². The number of ether oxygens (including phenoxy) is 2. The molecular formula is C18H22N2O3. The monoisotopic (exact) mass is 314 g/mol. The molecule has 0 fully saturated rings. The van der Waals surface area contributed by atoms with E-state index >= 15 is 0 Å². The summed E-state index contributed by atoms with van der Waals surface area (Å²) in [6.07, 6.45) is 0.293. The first kappa shape index (κ1) is 16.7. The van der Waals surface area contributed by atoms with Gasteiger partial charge in [-0.15, -0.1) is 0 Å². The minimum Gasteiger partial charge on any atom is -0.497 e. The summed E-state index contributed by atoms with van der Waals surface area (Å²) < 4.78 is 10.6. The van der Waals surface area contributed by atoms with Crippen molar-refractivity contribution in [2.75, 3.05) is 38.0 Å². The van der Waals surface area contributed by atoms with Crippen LogP contribution in [0.25, 0.3) is 0 Å². The van der Waals surface area contributed by atoms with Crippen LogP contribution in [0.15, 0.2) is 48.5 Å². The third-order valence-corrected chi connectivity index (χ3v) is 3.32. The van der Waals surface area contributed by atoms with E-state index in [0.717, 1.165) is 17.1 Å². The summed E-state index contributed by atoms with van der Waals surface area (Å²) >= 11 is 0. The summed E-state index contributed by atoms with van der Waals surface area (Å²) in [6, 6.07) is 15.0. The molecule has 0 aliphatic heterocycles. The fourth-order valence-electron chi connectivity index (χ4n) is 2.00. The average molecular weight is 314 g/mol. The van der Waals surface area contributed by atoms with Gasteiger partial charge in [0.1, 0.15) is 11.5 Å². The molecule has 0 unspecified atom stereocenters. The van der Waals surface area contributed by atoms with Crippen molar-refractivity contribution in [2.24, 2.45) is 0 Å². The topological polar surface area (TPSA) is 50.8 Å². The Morgan fingerprint density at radius 1 is 1.00 bits per heavy atom. The van der Waals surface area contributed by atoms with E-state index in [2.05, 4.69) is 5.32 Å². The van der Waals surface area contributed by atoms with E-state index < -0.39 is 0 Å². The molecule has 1 amide bonds. The molecule has 2 aromatic carbocycles. The highest BCUT2D eigenvalue weighted by molar-refractivity contribution is 5.90. The number of nitrogens with one attached hydrogen (secondary N) is 1. The average Bonchev–Trinajstić information content (AvgIpc) is 2.56. The van der Waals surface area contributed by atoms with Crippen LogP contribution in [-0.4, -0.2) is 33.7 Å². The molecule has 23 heavy (non-hydrogen) atoms. The van der Waals surface area contributed by atoms with Crippen molar-refractivity contribution in [3.8, 4) is 11.5 Å². The lowest BCUT2D eigenvalue weighted by molar-refractivity contribution is -0.116. The Hall–Kier alpha value is -2.69. The van der Waals surface area contributed by atoms with E-state index in [4.69, 9.17) is 9.47 Å². The summed E-state index contributed by atoms with van der Waals surface area (Å²) in [5.74, 6) is 1.42. The highest BCUT2D eigenvalue weighted by atomic mass is 16.5. The number of anilines is 2. The molecule has 0 atom stereocenters. The normalized spacial score (nSPS) is 10.0. The van der Waals surface area contributed by atoms with Gasteiger partial charge < -0.3 is 19.7 Å². The largest absolute Gasteiger partial charge is 0.497 e. The molecule has 0 spiro atoms. The van der Waals surface area contributed by atoms with E-state index in [-0.39, 0.29) is 5.91 Å². The Morgan fingerprint density at radius 2 is 1.61 bits per heavy atom. The maximum absolute atomic E-state index is 11.9. The van der Waals surface area contributed by atoms with Gasteiger partial charge in [0, 0.05) is 25.5 Å². The predicted octanol–water partition coefficient (Wildman–Crippen LogP) is 3.17. The van der Waals surface area contributed by atoms with Crippen LogP contribution in [0.1, 0.15) is 6.42 Å². The van der Waals surface area contributed by atoms with Crippen molar-refractivity contribution in [3.63, 3.8) is 0 Å². The highest BCUT2D eigenvalue weighted by Gasteiger charge is 2.04. The second-order valence-electron chi connectivity index (χ2n) is 5.26. The number of hydrogen-bond donors (Lipinski definition) is 1. The molecule has 0 radical (unpaired) electrons. The fraction of sp³-hybridized carbons (Fsp3) is 0.278. The lowest BCUT2D eigenvalue weighted by Crippen LogP contribution is -2.15. The zero-order valence-electron chi connectivity index (χ0n) is 13.7. The summed E-state index contributed by atoms with van der Waals surface area (Å²) in [5.41, 5.74) is 1.87. The lowest BCUT2D eigenvalue weighted by atomic mass is 10.2. The number of carbonyl (C=O) groups is 1. The molecule has 122 valence electrons. The Kier molecular flexibility index (Phi) is 5.86. The van der Waals surface area contributed by atoms with Gasteiger partial charge in [0.25, 0.3) is 0 Å². The second kappa shape index (κ2) is 8.08. The number of hydrogen-bond acceptors (Lipinski definition) is 4. The molecule has 0 aromatic heterocycles. The molecule has 5 nitrogen and oxygen atoms in total. The van der Waals surface area contributed by atoms with Crippen molar-refractivity contribution in [1.82, 2.24) is 0 Å². The molecule has 0 saturated heterocycles. The van der Waals surface area contributed by atoms with Crippen LogP contribution >= 0.6 is 0 Å². The van der Waals surface area contributed by atoms with E-state index in [1.54, 1.807) is 7.11 Å². The first-order valence-corrected chi connectivity index (χ1v) is 7.42. The van der Waals surface area contributed by atoms with Gasteiger partial charge in [-0.1, -0.05) is 0 Å². The Morgan fingerprint density at radius 3 is 2.17 bits per heavy atom. The highest BCUT2D eigenvalue weighted by Crippen LogP contribution is 2.18. The van der Waals surface area contributed by atoms with Gasteiger partial charge in [0.05, 0.1) is 20.1 Å².